The van der Waals surface area contributed by atoms with Crippen LogP contribution in [0, 0.1) is 0 Å². The van der Waals surface area contributed by atoms with Crippen LogP contribution in [0.2, 0.25) is 0 Å². The molecular formula is C16H18N2O3S2. The van der Waals surface area contributed by atoms with E-state index in [0.29, 0.717) is 5.69 Å². The number of carbonyl (C=O) groups is 1. The minimum atomic E-state index is -3.65. The number of amides is 1. The Hall–Kier alpha value is -1.83. The van der Waals surface area contributed by atoms with Gasteiger partial charge in [0.05, 0.1) is 10.6 Å². The van der Waals surface area contributed by atoms with Gasteiger partial charge in [0.1, 0.15) is 0 Å². The van der Waals surface area contributed by atoms with Crippen molar-refractivity contribution in [3.05, 3.63) is 54.1 Å². The molecule has 0 unspecified atom stereocenters. The van der Waals surface area contributed by atoms with Gasteiger partial charge in [0.25, 0.3) is 0 Å². The van der Waals surface area contributed by atoms with Crippen LogP contribution < -0.4 is 10.0 Å². The summed E-state index contributed by atoms with van der Waals surface area (Å²) in [7, 11) is -3.65. The Morgan fingerprint density at radius 3 is 2.43 bits per heavy atom. The molecule has 0 spiro atoms. The highest BCUT2D eigenvalue weighted by molar-refractivity contribution is 7.98. The van der Waals surface area contributed by atoms with Gasteiger partial charge in [0.15, 0.2) is 0 Å². The van der Waals surface area contributed by atoms with Crippen LogP contribution >= 0.6 is 11.8 Å². The van der Waals surface area contributed by atoms with Gasteiger partial charge in [-0.1, -0.05) is 30.3 Å². The summed E-state index contributed by atoms with van der Waals surface area (Å²) in [5, 5.41) is 2.66. The first-order chi connectivity index (χ1) is 10.9. The van der Waals surface area contributed by atoms with Gasteiger partial charge in [0.2, 0.25) is 15.9 Å². The Morgan fingerprint density at radius 1 is 1.13 bits per heavy atom. The fourth-order valence-electron chi connectivity index (χ4n) is 2.00. The standard InChI is InChI=1S/C16H18N2O3S2/c1-12(19)18-15-10-14(8-9-16(15)22-2)23(20,21)17-11-13-6-4-3-5-7-13/h3-10,17H,11H2,1-2H3,(H,18,19). The number of hydrogen-bond donors (Lipinski definition) is 2. The Morgan fingerprint density at radius 2 is 1.83 bits per heavy atom. The summed E-state index contributed by atoms with van der Waals surface area (Å²) in [6, 6.07) is 14.0. The lowest BCUT2D eigenvalue weighted by atomic mass is 10.2. The second-order valence-electron chi connectivity index (χ2n) is 4.85. The average Bonchev–Trinajstić information content (AvgIpc) is 2.53. The molecule has 0 aliphatic carbocycles. The molecule has 23 heavy (non-hydrogen) atoms. The van der Waals surface area contributed by atoms with Crippen molar-refractivity contribution in [3.8, 4) is 0 Å². The summed E-state index contributed by atoms with van der Waals surface area (Å²) in [5.41, 5.74) is 1.37. The smallest absolute Gasteiger partial charge is 0.240 e. The largest absolute Gasteiger partial charge is 0.325 e. The quantitative estimate of drug-likeness (QED) is 0.786. The number of thioether (sulfide) groups is 1. The second-order valence-corrected chi connectivity index (χ2v) is 7.47. The van der Waals surface area contributed by atoms with Crippen molar-refractivity contribution < 1.29 is 13.2 Å². The number of benzene rings is 2. The lowest BCUT2D eigenvalue weighted by Crippen LogP contribution is -2.23. The number of anilines is 1. The average molecular weight is 350 g/mol. The van der Waals surface area contributed by atoms with E-state index in [1.54, 1.807) is 6.07 Å². The van der Waals surface area contributed by atoms with Crippen LogP contribution in [-0.2, 0) is 21.4 Å². The molecule has 2 aromatic carbocycles. The molecule has 2 rings (SSSR count). The molecule has 7 heteroatoms. The van der Waals surface area contributed by atoms with Gasteiger partial charge in [-0.2, -0.15) is 0 Å². The maximum absolute atomic E-state index is 12.4. The predicted molar refractivity (Wildman–Crippen MR) is 93.0 cm³/mol. The summed E-state index contributed by atoms with van der Waals surface area (Å²) in [6.07, 6.45) is 1.86. The Kier molecular flexibility index (Phi) is 5.81. The maximum Gasteiger partial charge on any atom is 0.240 e. The van der Waals surface area contributed by atoms with Crippen molar-refractivity contribution in [2.45, 2.75) is 23.3 Å². The van der Waals surface area contributed by atoms with Gasteiger partial charge >= 0.3 is 0 Å². The van der Waals surface area contributed by atoms with E-state index in [1.165, 1.54) is 30.8 Å². The fourth-order valence-corrected chi connectivity index (χ4v) is 3.58. The zero-order valence-electron chi connectivity index (χ0n) is 12.9. The topological polar surface area (TPSA) is 75.3 Å². The van der Waals surface area contributed by atoms with E-state index < -0.39 is 10.0 Å². The molecule has 0 saturated carbocycles. The van der Waals surface area contributed by atoms with Crippen LogP contribution in [0.5, 0.6) is 0 Å². The van der Waals surface area contributed by atoms with E-state index in [4.69, 9.17) is 0 Å². The molecule has 122 valence electrons. The summed E-state index contributed by atoms with van der Waals surface area (Å²) in [6.45, 7) is 1.60. The lowest BCUT2D eigenvalue weighted by molar-refractivity contribution is -0.114. The summed E-state index contributed by atoms with van der Waals surface area (Å²) in [5.74, 6) is -0.243. The highest BCUT2D eigenvalue weighted by atomic mass is 32.2. The van der Waals surface area contributed by atoms with Gasteiger partial charge in [-0.25, -0.2) is 13.1 Å². The minimum absolute atomic E-state index is 0.120. The van der Waals surface area contributed by atoms with Gasteiger partial charge < -0.3 is 5.32 Å². The van der Waals surface area contributed by atoms with Crippen molar-refractivity contribution >= 4 is 33.4 Å². The molecule has 0 aliphatic heterocycles. The zero-order chi connectivity index (χ0) is 16.9. The summed E-state index contributed by atoms with van der Waals surface area (Å²) in [4.78, 5) is 12.2. The SMILES string of the molecule is CSc1ccc(S(=O)(=O)NCc2ccccc2)cc1NC(C)=O. The molecule has 0 atom stereocenters. The number of nitrogens with one attached hydrogen (secondary N) is 2. The lowest BCUT2D eigenvalue weighted by Gasteiger charge is -2.12. The minimum Gasteiger partial charge on any atom is -0.325 e. The van der Waals surface area contributed by atoms with E-state index >= 15 is 0 Å². The van der Waals surface area contributed by atoms with Crippen LogP contribution in [0.25, 0.3) is 0 Å². The first-order valence-electron chi connectivity index (χ1n) is 6.91. The number of hydrogen-bond acceptors (Lipinski definition) is 4. The summed E-state index contributed by atoms with van der Waals surface area (Å²) < 4.78 is 27.4. The predicted octanol–water partition coefficient (Wildman–Crippen LogP) is 2.85. The molecule has 1 amide bonds. The van der Waals surface area contributed by atoms with Gasteiger partial charge in [-0.15, -0.1) is 11.8 Å². The molecule has 0 fully saturated rings. The van der Waals surface area contributed by atoms with E-state index in [0.717, 1.165) is 10.5 Å². The zero-order valence-corrected chi connectivity index (χ0v) is 14.5. The van der Waals surface area contributed by atoms with E-state index in [2.05, 4.69) is 10.0 Å². The van der Waals surface area contributed by atoms with Crippen LogP contribution in [0.4, 0.5) is 5.69 Å². The molecule has 0 aromatic heterocycles. The normalized spacial score (nSPS) is 11.2. The van der Waals surface area contributed by atoms with Crippen LogP contribution in [0.15, 0.2) is 58.3 Å². The monoisotopic (exact) mass is 350 g/mol. The maximum atomic E-state index is 12.4. The molecule has 2 aromatic rings. The van der Waals surface area contributed by atoms with Gasteiger partial charge in [-0.05, 0) is 30.0 Å². The molecule has 2 N–H and O–H groups in total. The Bertz CT molecular complexity index is 790. The highest BCUT2D eigenvalue weighted by Crippen LogP contribution is 2.28. The fraction of sp³-hybridized carbons (Fsp3) is 0.188. The highest BCUT2D eigenvalue weighted by Gasteiger charge is 2.16. The third-order valence-electron chi connectivity index (χ3n) is 3.10. The molecule has 0 radical (unpaired) electrons. The third kappa shape index (κ3) is 4.82. The van der Waals surface area contributed by atoms with E-state index in [1.807, 2.05) is 36.6 Å². The second kappa shape index (κ2) is 7.63. The molecule has 0 heterocycles. The number of rotatable bonds is 6. The van der Waals surface area contributed by atoms with Crippen molar-refractivity contribution in [1.82, 2.24) is 4.72 Å². The van der Waals surface area contributed by atoms with Crippen molar-refractivity contribution in [2.75, 3.05) is 11.6 Å². The van der Waals surface area contributed by atoms with Crippen molar-refractivity contribution in [1.29, 1.82) is 0 Å². The van der Waals surface area contributed by atoms with Crippen molar-refractivity contribution in [2.24, 2.45) is 0 Å². The van der Waals surface area contributed by atoms with Gasteiger partial charge in [-0.3, -0.25) is 4.79 Å². The van der Waals surface area contributed by atoms with Crippen molar-refractivity contribution in [3.63, 3.8) is 0 Å². The first kappa shape index (κ1) is 17.5. The molecule has 0 saturated heterocycles. The molecule has 0 bridgehead atoms. The van der Waals surface area contributed by atoms with Crippen LogP contribution in [-0.4, -0.2) is 20.6 Å². The Labute approximate surface area is 140 Å². The van der Waals surface area contributed by atoms with Gasteiger partial charge in [0, 0.05) is 18.4 Å². The van der Waals surface area contributed by atoms with Crippen LogP contribution in [0.3, 0.4) is 0 Å². The van der Waals surface area contributed by atoms with E-state index in [9.17, 15) is 13.2 Å². The molecule has 0 aliphatic rings. The summed E-state index contributed by atoms with van der Waals surface area (Å²) >= 11 is 1.44. The van der Waals surface area contributed by atoms with Crippen LogP contribution in [0.1, 0.15) is 12.5 Å². The first-order valence-corrected chi connectivity index (χ1v) is 9.62. The third-order valence-corrected chi connectivity index (χ3v) is 5.30. The number of sulfonamides is 1. The molecule has 5 nitrogen and oxygen atoms in total. The molecular weight excluding hydrogens is 332 g/mol. The number of carbonyl (C=O) groups excluding carboxylic acids is 1. The van der Waals surface area contributed by atoms with E-state index in [-0.39, 0.29) is 17.3 Å². The Balaban J connectivity index is 2.23.